The summed E-state index contributed by atoms with van der Waals surface area (Å²) in [4.78, 5) is 14.5. The summed E-state index contributed by atoms with van der Waals surface area (Å²) < 4.78 is 11.3. The molecule has 132 valence electrons. The van der Waals surface area contributed by atoms with Crippen LogP contribution >= 0.6 is 11.6 Å². The third-order valence-corrected chi connectivity index (χ3v) is 4.44. The lowest BCUT2D eigenvalue weighted by atomic mass is 10.2. The highest BCUT2D eigenvalue weighted by Gasteiger charge is 2.23. The molecule has 1 saturated heterocycles. The number of amides is 1. The molecule has 1 fully saturated rings. The van der Waals surface area contributed by atoms with Crippen LogP contribution in [0.25, 0.3) is 0 Å². The molecule has 0 aliphatic carbocycles. The molecule has 1 aliphatic rings. The highest BCUT2D eigenvalue weighted by molar-refractivity contribution is 6.30. The van der Waals surface area contributed by atoms with Gasteiger partial charge in [-0.25, -0.2) is 0 Å². The lowest BCUT2D eigenvalue weighted by Crippen LogP contribution is -2.39. The molecule has 25 heavy (non-hydrogen) atoms. The first-order valence-electron chi connectivity index (χ1n) is 8.52. The Bertz CT molecular complexity index is 669. The lowest BCUT2D eigenvalue weighted by molar-refractivity contribution is -0.135. The zero-order chi connectivity index (χ0) is 17.5. The smallest absolute Gasteiger partial charge is 0.260 e. The summed E-state index contributed by atoms with van der Waals surface area (Å²) in [6.07, 6.45) is 2.14. The van der Waals surface area contributed by atoms with Crippen molar-refractivity contribution >= 4 is 17.5 Å². The zero-order valence-electron chi connectivity index (χ0n) is 14.1. The largest absolute Gasteiger partial charge is 0.484 e. The van der Waals surface area contributed by atoms with Crippen LogP contribution in [0.3, 0.4) is 0 Å². The topological polar surface area (TPSA) is 38.8 Å². The predicted octanol–water partition coefficient (Wildman–Crippen LogP) is 3.93. The summed E-state index contributed by atoms with van der Waals surface area (Å²) in [7, 11) is 0. The van der Waals surface area contributed by atoms with Gasteiger partial charge in [0, 0.05) is 24.7 Å². The molecule has 0 N–H and O–H groups in total. The van der Waals surface area contributed by atoms with Gasteiger partial charge in [0.25, 0.3) is 5.91 Å². The van der Waals surface area contributed by atoms with E-state index < -0.39 is 0 Å². The highest BCUT2D eigenvalue weighted by Crippen LogP contribution is 2.17. The Morgan fingerprint density at radius 3 is 2.60 bits per heavy atom. The van der Waals surface area contributed by atoms with Gasteiger partial charge in [0.2, 0.25) is 0 Å². The second-order valence-electron chi connectivity index (χ2n) is 6.14. The van der Waals surface area contributed by atoms with Crippen LogP contribution in [0.15, 0.2) is 54.6 Å². The number of hydrogen-bond donors (Lipinski definition) is 0. The van der Waals surface area contributed by atoms with Gasteiger partial charge < -0.3 is 14.4 Å². The van der Waals surface area contributed by atoms with Crippen LogP contribution in [0.2, 0.25) is 5.02 Å². The van der Waals surface area contributed by atoms with E-state index in [9.17, 15) is 4.79 Å². The molecule has 0 radical (unpaired) electrons. The maximum atomic E-state index is 12.7. The van der Waals surface area contributed by atoms with Crippen molar-refractivity contribution in [2.45, 2.75) is 25.5 Å². The van der Waals surface area contributed by atoms with Gasteiger partial charge in [-0.3, -0.25) is 4.79 Å². The van der Waals surface area contributed by atoms with E-state index in [4.69, 9.17) is 21.1 Å². The van der Waals surface area contributed by atoms with Crippen molar-refractivity contribution in [1.29, 1.82) is 0 Å². The van der Waals surface area contributed by atoms with Crippen molar-refractivity contribution in [3.63, 3.8) is 0 Å². The number of rotatable bonds is 7. The minimum Gasteiger partial charge on any atom is -0.484 e. The van der Waals surface area contributed by atoms with E-state index in [-0.39, 0.29) is 18.6 Å². The van der Waals surface area contributed by atoms with Gasteiger partial charge in [-0.2, -0.15) is 0 Å². The zero-order valence-corrected chi connectivity index (χ0v) is 14.8. The summed E-state index contributed by atoms with van der Waals surface area (Å²) in [6, 6.07) is 16.9. The first-order chi connectivity index (χ1) is 12.2. The Morgan fingerprint density at radius 1 is 1.16 bits per heavy atom. The minimum absolute atomic E-state index is 0.0182. The van der Waals surface area contributed by atoms with Crippen LogP contribution < -0.4 is 4.74 Å². The van der Waals surface area contributed by atoms with Gasteiger partial charge in [-0.1, -0.05) is 41.9 Å². The van der Waals surface area contributed by atoms with Crippen molar-refractivity contribution < 1.29 is 14.3 Å². The molecule has 4 nitrogen and oxygen atoms in total. The Kier molecular flexibility index (Phi) is 6.31. The first-order valence-corrected chi connectivity index (χ1v) is 8.90. The molecule has 3 rings (SSSR count). The van der Waals surface area contributed by atoms with Gasteiger partial charge in [0.05, 0.1) is 6.10 Å². The van der Waals surface area contributed by atoms with Crippen molar-refractivity contribution in [2.75, 3.05) is 19.8 Å². The van der Waals surface area contributed by atoms with Crippen LogP contribution in [0.1, 0.15) is 18.4 Å². The fourth-order valence-electron chi connectivity index (χ4n) is 2.85. The van der Waals surface area contributed by atoms with Crippen molar-refractivity contribution in [1.82, 2.24) is 4.90 Å². The van der Waals surface area contributed by atoms with Crippen molar-refractivity contribution in [2.24, 2.45) is 0 Å². The molecule has 0 saturated carbocycles. The van der Waals surface area contributed by atoms with Crippen molar-refractivity contribution in [3.8, 4) is 5.75 Å². The molecule has 1 aliphatic heterocycles. The number of benzene rings is 2. The molecule has 2 aromatic rings. The average molecular weight is 360 g/mol. The first kappa shape index (κ1) is 17.8. The maximum Gasteiger partial charge on any atom is 0.260 e. The molecule has 5 heteroatoms. The molecule has 2 aromatic carbocycles. The van der Waals surface area contributed by atoms with Gasteiger partial charge in [-0.05, 0) is 42.7 Å². The molecular formula is C20H22ClNO3. The maximum absolute atomic E-state index is 12.7. The van der Waals surface area contributed by atoms with Gasteiger partial charge in [-0.15, -0.1) is 0 Å². The van der Waals surface area contributed by atoms with Crippen LogP contribution in [0, 0.1) is 0 Å². The van der Waals surface area contributed by atoms with Gasteiger partial charge in [0.1, 0.15) is 5.75 Å². The molecule has 1 amide bonds. The Hall–Kier alpha value is -2.04. The second kappa shape index (κ2) is 8.88. The molecule has 1 heterocycles. The molecule has 0 unspecified atom stereocenters. The van der Waals surface area contributed by atoms with Crippen molar-refractivity contribution in [3.05, 3.63) is 65.2 Å². The number of nitrogens with zero attached hydrogens (tertiary/aromatic N) is 1. The summed E-state index contributed by atoms with van der Waals surface area (Å²) >= 11 is 5.95. The van der Waals surface area contributed by atoms with E-state index >= 15 is 0 Å². The monoisotopic (exact) mass is 359 g/mol. The van der Waals surface area contributed by atoms with E-state index in [2.05, 4.69) is 0 Å². The third kappa shape index (κ3) is 5.48. The fourth-order valence-corrected chi connectivity index (χ4v) is 2.98. The number of halogens is 1. The summed E-state index contributed by atoms with van der Waals surface area (Å²) in [5.74, 6) is 0.647. The molecule has 0 spiro atoms. The Balaban J connectivity index is 1.63. The number of hydrogen-bond acceptors (Lipinski definition) is 3. The van der Waals surface area contributed by atoms with Crippen LogP contribution in [-0.4, -0.2) is 36.7 Å². The van der Waals surface area contributed by atoms with E-state index in [1.54, 1.807) is 0 Å². The molecule has 0 aromatic heterocycles. The summed E-state index contributed by atoms with van der Waals surface area (Å²) in [5, 5.41) is 0.688. The second-order valence-corrected chi connectivity index (χ2v) is 6.57. The number of carbonyl (C=O) groups is 1. The number of carbonyl (C=O) groups excluding carboxylic acids is 1. The molecular weight excluding hydrogens is 338 g/mol. The van der Waals surface area contributed by atoms with E-state index in [1.807, 2.05) is 59.5 Å². The SMILES string of the molecule is O=C(COc1ccccc1)N(Cc1ccc(Cl)cc1)C[C@H]1CCCO1. The summed E-state index contributed by atoms with van der Waals surface area (Å²) in [5.41, 5.74) is 1.04. The van der Waals surface area contributed by atoms with E-state index in [0.717, 1.165) is 25.0 Å². The third-order valence-electron chi connectivity index (χ3n) is 4.19. The lowest BCUT2D eigenvalue weighted by Gasteiger charge is -2.25. The predicted molar refractivity (Wildman–Crippen MR) is 97.8 cm³/mol. The molecule has 1 atom stereocenters. The van der Waals surface area contributed by atoms with Crippen LogP contribution in [0.4, 0.5) is 0 Å². The van der Waals surface area contributed by atoms with E-state index in [0.29, 0.717) is 23.9 Å². The summed E-state index contributed by atoms with van der Waals surface area (Å²) in [6.45, 7) is 1.89. The van der Waals surface area contributed by atoms with Crippen LogP contribution in [0.5, 0.6) is 5.75 Å². The van der Waals surface area contributed by atoms with Crippen LogP contribution in [-0.2, 0) is 16.1 Å². The number of ether oxygens (including phenoxy) is 2. The quantitative estimate of drug-likeness (QED) is 0.752. The standard InChI is InChI=1S/C20H22ClNO3/c21-17-10-8-16(9-11-17)13-22(14-19-7-4-12-24-19)20(23)15-25-18-5-2-1-3-6-18/h1-3,5-6,8-11,19H,4,7,12-15H2/t19-/m1/s1. The molecule has 0 bridgehead atoms. The minimum atomic E-state index is -0.0469. The normalized spacial score (nSPS) is 16.6. The highest BCUT2D eigenvalue weighted by atomic mass is 35.5. The fraction of sp³-hybridized carbons (Fsp3) is 0.350. The average Bonchev–Trinajstić information content (AvgIpc) is 3.15. The van der Waals surface area contributed by atoms with Gasteiger partial charge >= 0.3 is 0 Å². The number of para-hydroxylation sites is 1. The Morgan fingerprint density at radius 2 is 1.92 bits per heavy atom. The van der Waals surface area contributed by atoms with E-state index in [1.165, 1.54) is 0 Å². The van der Waals surface area contributed by atoms with Gasteiger partial charge in [0.15, 0.2) is 6.61 Å². The Labute approximate surface area is 153 Å².